The summed E-state index contributed by atoms with van der Waals surface area (Å²) in [6.45, 7) is 0. The standard InChI is InChI=1S/C25H20/c1-3-8-18-16(6-1)12-14-22-20-10-5-11-21(20)23-15-13-17-7-2-4-9-19(17)25(23)24(18)22/h1-4,6-9,12-15,24-25H,5,10-11H2. The van der Waals surface area contributed by atoms with Crippen molar-refractivity contribution in [1.82, 2.24) is 0 Å². The zero-order chi connectivity index (χ0) is 16.4. The molecule has 2 aromatic carbocycles. The highest BCUT2D eigenvalue weighted by Crippen LogP contribution is 2.57. The minimum absolute atomic E-state index is 0.471. The molecule has 120 valence electrons. The average Bonchev–Trinajstić information content (AvgIpc) is 3.17. The smallest absolute Gasteiger partial charge is 0.0208 e. The Labute approximate surface area is 148 Å². The average molecular weight is 320 g/mol. The SMILES string of the molecule is C1=Cc2ccccc2C2C1=C1CCCC1=C1C=Cc3ccccc3C12. The quantitative estimate of drug-likeness (QED) is 0.527. The van der Waals surface area contributed by atoms with Crippen LogP contribution in [0.2, 0.25) is 0 Å². The van der Waals surface area contributed by atoms with Gasteiger partial charge in [0, 0.05) is 11.8 Å². The summed E-state index contributed by atoms with van der Waals surface area (Å²) in [4.78, 5) is 0. The number of rotatable bonds is 0. The van der Waals surface area contributed by atoms with Crippen molar-refractivity contribution in [1.29, 1.82) is 0 Å². The van der Waals surface area contributed by atoms with Gasteiger partial charge in [-0.25, -0.2) is 0 Å². The fraction of sp³-hybridized carbons (Fsp3) is 0.200. The maximum atomic E-state index is 2.42. The van der Waals surface area contributed by atoms with E-state index < -0.39 is 0 Å². The molecule has 4 aliphatic carbocycles. The zero-order valence-corrected chi connectivity index (χ0v) is 14.2. The van der Waals surface area contributed by atoms with Crippen LogP contribution in [0.1, 0.15) is 53.4 Å². The summed E-state index contributed by atoms with van der Waals surface area (Å²) >= 11 is 0. The molecule has 2 atom stereocenters. The largest absolute Gasteiger partial charge is 0.0619 e. The predicted molar refractivity (Wildman–Crippen MR) is 104 cm³/mol. The minimum Gasteiger partial charge on any atom is -0.0619 e. The van der Waals surface area contributed by atoms with Crippen LogP contribution >= 0.6 is 0 Å². The minimum atomic E-state index is 0.471. The van der Waals surface area contributed by atoms with Crippen LogP contribution in [0.5, 0.6) is 0 Å². The Kier molecular flexibility index (Phi) is 2.71. The van der Waals surface area contributed by atoms with E-state index in [1.165, 1.54) is 41.5 Å². The molecule has 2 unspecified atom stereocenters. The molecule has 0 radical (unpaired) electrons. The van der Waals surface area contributed by atoms with Crippen molar-refractivity contribution >= 4 is 12.2 Å². The molecular weight excluding hydrogens is 300 g/mol. The maximum absolute atomic E-state index is 2.42. The van der Waals surface area contributed by atoms with Crippen LogP contribution < -0.4 is 0 Å². The first kappa shape index (κ1) is 13.7. The van der Waals surface area contributed by atoms with Gasteiger partial charge in [0.25, 0.3) is 0 Å². The monoisotopic (exact) mass is 320 g/mol. The number of hydrogen-bond acceptors (Lipinski definition) is 0. The Hall–Kier alpha value is -2.60. The number of benzene rings is 2. The van der Waals surface area contributed by atoms with Crippen LogP contribution in [0.15, 0.2) is 83.0 Å². The van der Waals surface area contributed by atoms with Gasteiger partial charge >= 0.3 is 0 Å². The first-order valence-electron chi connectivity index (χ1n) is 9.42. The van der Waals surface area contributed by atoms with Crippen LogP contribution in [0.4, 0.5) is 0 Å². The van der Waals surface area contributed by atoms with Gasteiger partial charge in [0.15, 0.2) is 0 Å². The van der Waals surface area contributed by atoms with Crippen LogP contribution in [-0.2, 0) is 0 Å². The molecule has 0 bridgehead atoms. The highest BCUT2D eigenvalue weighted by molar-refractivity contribution is 5.75. The summed E-state index contributed by atoms with van der Waals surface area (Å²) in [6, 6.07) is 18.0. The Bertz CT molecular complexity index is 942. The highest BCUT2D eigenvalue weighted by Gasteiger charge is 2.41. The number of fused-ring (bicyclic) bond motifs is 8. The van der Waals surface area contributed by atoms with Crippen molar-refractivity contribution in [2.24, 2.45) is 0 Å². The Morgan fingerprint density at radius 3 is 1.56 bits per heavy atom. The summed E-state index contributed by atoms with van der Waals surface area (Å²) in [5, 5.41) is 0. The lowest BCUT2D eigenvalue weighted by Crippen LogP contribution is -2.25. The van der Waals surface area contributed by atoms with Gasteiger partial charge in [0.2, 0.25) is 0 Å². The normalized spacial score (nSPS) is 25.3. The van der Waals surface area contributed by atoms with Crippen LogP contribution in [0.25, 0.3) is 12.2 Å². The van der Waals surface area contributed by atoms with Gasteiger partial charge in [-0.15, -0.1) is 0 Å². The van der Waals surface area contributed by atoms with E-state index in [9.17, 15) is 0 Å². The molecule has 0 spiro atoms. The summed E-state index contributed by atoms with van der Waals surface area (Å²) < 4.78 is 0. The molecule has 0 heteroatoms. The Morgan fingerprint density at radius 2 is 1.04 bits per heavy atom. The third kappa shape index (κ3) is 1.77. The Balaban J connectivity index is 1.69. The van der Waals surface area contributed by atoms with Crippen molar-refractivity contribution in [2.45, 2.75) is 31.1 Å². The van der Waals surface area contributed by atoms with E-state index in [1.807, 2.05) is 0 Å². The van der Waals surface area contributed by atoms with E-state index in [0.717, 1.165) is 0 Å². The second-order valence-corrected chi connectivity index (χ2v) is 7.60. The third-order valence-electron chi connectivity index (χ3n) is 6.47. The fourth-order valence-electron chi connectivity index (χ4n) is 5.47. The van der Waals surface area contributed by atoms with Crippen molar-refractivity contribution < 1.29 is 0 Å². The molecule has 0 heterocycles. The van der Waals surface area contributed by atoms with Crippen molar-refractivity contribution in [3.8, 4) is 0 Å². The molecule has 2 aromatic rings. The topological polar surface area (TPSA) is 0 Å². The molecule has 4 aliphatic rings. The van der Waals surface area contributed by atoms with Gasteiger partial charge in [-0.3, -0.25) is 0 Å². The van der Waals surface area contributed by atoms with Crippen LogP contribution in [0, 0.1) is 0 Å². The lowest BCUT2D eigenvalue weighted by Gasteiger charge is -2.41. The van der Waals surface area contributed by atoms with E-state index in [4.69, 9.17) is 0 Å². The molecule has 1 fully saturated rings. The lowest BCUT2D eigenvalue weighted by molar-refractivity contribution is 0.659. The molecule has 1 saturated carbocycles. The number of allylic oxidation sites excluding steroid dienone is 6. The summed E-state index contributed by atoms with van der Waals surface area (Å²) in [5.74, 6) is 0.943. The molecule has 0 N–H and O–H groups in total. The van der Waals surface area contributed by atoms with E-state index in [0.29, 0.717) is 11.8 Å². The second-order valence-electron chi connectivity index (χ2n) is 7.60. The van der Waals surface area contributed by atoms with Gasteiger partial charge in [-0.2, -0.15) is 0 Å². The van der Waals surface area contributed by atoms with E-state index in [-0.39, 0.29) is 0 Å². The summed E-state index contributed by atoms with van der Waals surface area (Å²) in [6.07, 6.45) is 13.3. The summed E-state index contributed by atoms with van der Waals surface area (Å²) in [5.41, 5.74) is 12.3. The molecular formula is C25H20. The molecule has 0 amide bonds. The molecule has 0 aromatic heterocycles. The third-order valence-corrected chi connectivity index (χ3v) is 6.47. The summed E-state index contributed by atoms with van der Waals surface area (Å²) in [7, 11) is 0. The van der Waals surface area contributed by atoms with Crippen LogP contribution in [-0.4, -0.2) is 0 Å². The van der Waals surface area contributed by atoms with Gasteiger partial charge in [-0.05, 0) is 63.8 Å². The Morgan fingerprint density at radius 1 is 0.560 bits per heavy atom. The maximum Gasteiger partial charge on any atom is 0.0208 e. The van der Waals surface area contributed by atoms with Crippen molar-refractivity contribution in [3.05, 3.63) is 105 Å². The van der Waals surface area contributed by atoms with E-state index >= 15 is 0 Å². The first-order valence-corrected chi connectivity index (χ1v) is 9.42. The number of hydrogen-bond donors (Lipinski definition) is 0. The van der Waals surface area contributed by atoms with E-state index in [2.05, 4.69) is 72.8 Å². The van der Waals surface area contributed by atoms with Crippen LogP contribution in [0.3, 0.4) is 0 Å². The van der Waals surface area contributed by atoms with Gasteiger partial charge in [0.05, 0.1) is 0 Å². The first-order chi connectivity index (χ1) is 12.4. The molecule has 0 aliphatic heterocycles. The molecule has 6 rings (SSSR count). The van der Waals surface area contributed by atoms with Crippen molar-refractivity contribution in [3.63, 3.8) is 0 Å². The zero-order valence-electron chi connectivity index (χ0n) is 14.2. The van der Waals surface area contributed by atoms with Gasteiger partial charge in [-0.1, -0.05) is 72.8 Å². The highest BCUT2D eigenvalue weighted by atomic mass is 14.4. The van der Waals surface area contributed by atoms with Gasteiger partial charge < -0.3 is 0 Å². The van der Waals surface area contributed by atoms with E-state index in [1.54, 1.807) is 22.3 Å². The second kappa shape index (κ2) is 4.95. The fourth-order valence-corrected chi connectivity index (χ4v) is 5.47. The lowest BCUT2D eigenvalue weighted by atomic mass is 9.62. The molecule has 25 heavy (non-hydrogen) atoms. The predicted octanol–water partition coefficient (Wildman–Crippen LogP) is 6.40. The molecule has 0 saturated heterocycles. The van der Waals surface area contributed by atoms with Gasteiger partial charge in [0.1, 0.15) is 0 Å². The van der Waals surface area contributed by atoms with Crippen molar-refractivity contribution in [2.75, 3.05) is 0 Å². The molecule has 0 nitrogen and oxygen atoms in total.